The van der Waals surface area contributed by atoms with Crippen LogP contribution in [-0.2, 0) is 17.7 Å². The lowest BCUT2D eigenvalue weighted by Gasteiger charge is -2.17. The van der Waals surface area contributed by atoms with E-state index in [0.29, 0.717) is 12.5 Å². The molecule has 1 fully saturated rings. The number of halogens is 1. The fraction of sp³-hybridized carbons (Fsp3) is 0.542. The number of nitrogens with one attached hydrogen (secondary N) is 2. The van der Waals surface area contributed by atoms with Crippen molar-refractivity contribution in [3.8, 4) is 5.75 Å². The molecule has 3 rings (SSSR count). The van der Waals surface area contributed by atoms with Crippen LogP contribution < -0.4 is 15.4 Å². The van der Waals surface area contributed by atoms with Crippen LogP contribution in [0.5, 0.6) is 5.75 Å². The van der Waals surface area contributed by atoms with E-state index in [-0.39, 0.29) is 30.1 Å². The Morgan fingerprint density at radius 2 is 2.16 bits per heavy atom. The van der Waals surface area contributed by atoms with Crippen molar-refractivity contribution in [2.75, 3.05) is 26.3 Å². The largest absolute Gasteiger partial charge is 0.490 e. The summed E-state index contributed by atoms with van der Waals surface area (Å²) >= 11 is 0. The molecule has 2 unspecified atom stereocenters. The van der Waals surface area contributed by atoms with Crippen LogP contribution in [0.25, 0.3) is 0 Å². The van der Waals surface area contributed by atoms with Crippen LogP contribution >= 0.6 is 24.0 Å². The molecule has 0 bridgehead atoms. The molecule has 172 valence electrons. The van der Waals surface area contributed by atoms with Crippen molar-refractivity contribution in [3.05, 3.63) is 53.5 Å². The summed E-state index contributed by atoms with van der Waals surface area (Å²) in [5, 5.41) is 6.91. The highest BCUT2D eigenvalue weighted by molar-refractivity contribution is 14.0. The van der Waals surface area contributed by atoms with Gasteiger partial charge in [-0.25, -0.2) is 4.99 Å². The van der Waals surface area contributed by atoms with Gasteiger partial charge in [0, 0.05) is 37.6 Å². The normalized spacial score (nSPS) is 17.1. The Hall–Kier alpha value is -1.74. The van der Waals surface area contributed by atoms with Gasteiger partial charge in [0.15, 0.2) is 5.96 Å². The molecule has 2 atom stereocenters. The van der Waals surface area contributed by atoms with Crippen LogP contribution in [0.3, 0.4) is 0 Å². The van der Waals surface area contributed by atoms with E-state index in [1.54, 1.807) is 6.26 Å². The molecular formula is C24H36IN3O3. The third-order valence-electron chi connectivity index (χ3n) is 5.36. The first-order chi connectivity index (χ1) is 14.6. The second kappa shape index (κ2) is 13.6. The summed E-state index contributed by atoms with van der Waals surface area (Å²) in [5.74, 6) is 3.23. The molecule has 2 N–H and O–H groups in total. The van der Waals surface area contributed by atoms with E-state index >= 15 is 0 Å². The molecule has 0 saturated carbocycles. The third kappa shape index (κ3) is 8.73. The molecule has 0 aliphatic carbocycles. The van der Waals surface area contributed by atoms with Crippen molar-refractivity contribution in [1.29, 1.82) is 0 Å². The van der Waals surface area contributed by atoms with Gasteiger partial charge in [-0.15, -0.1) is 24.0 Å². The van der Waals surface area contributed by atoms with Crippen molar-refractivity contribution in [2.24, 2.45) is 10.9 Å². The van der Waals surface area contributed by atoms with E-state index in [4.69, 9.17) is 18.9 Å². The first kappa shape index (κ1) is 25.5. The molecule has 1 aromatic heterocycles. The number of ether oxygens (including phenoxy) is 2. The number of aryl methyl sites for hydroxylation is 1. The summed E-state index contributed by atoms with van der Waals surface area (Å²) in [6.45, 7) is 10.2. The minimum absolute atomic E-state index is 0. The number of furan rings is 1. The van der Waals surface area contributed by atoms with Crippen LogP contribution in [0.15, 0.2) is 46.0 Å². The van der Waals surface area contributed by atoms with Crippen molar-refractivity contribution in [2.45, 2.75) is 52.7 Å². The Labute approximate surface area is 203 Å². The Balaban J connectivity index is 0.00000341. The molecule has 1 saturated heterocycles. The maximum absolute atomic E-state index is 6.14. The van der Waals surface area contributed by atoms with Gasteiger partial charge < -0.3 is 24.5 Å². The number of benzene rings is 1. The summed E-state index contributed by atoms with van der Waals surface area (Å²) in [6.07, 6.45) is 4.77. The second-order valence-corrected chi connectivity index (χ2v) is 7.98. The van der Waals surface area contributed by atoms with E-state index in [1.165, 1.54) is 5.56 Å². The summed E-state index contributed by atoms with van der Waals surface area (Å²) in [4.78, 5) is 4.84. The molecule has 7 heteroatoms. The number of aliphatic imine (C=N–C) groups is 1. The average Bonchev–Trinajstić information content (AvgIpc) is 3.45. The molecule has 1 aliphatic rings. The fourth-order valence-corrected chi connectivity index (χ4v) is 3.28. The topological polar surface area (TPSA) is 68.0 Å². The Morgan fingerprint density at radius 3 is 2.87 bits per heavy atom. The molecule has 1 aromatic carbocycles. The van der Waals surface area contributed by atoms with E-state index in [2.05, 4.69) is 49.6 Å². The molecule has 31 heavy (non-hydrogen) atoms. The zero-order valence-corrected chi connectivity index (χ0v) is 21.2. The van der Waals surface area contributed by atoms with Crippen LogP contribution in [0.4, 0.5) is 0 Å². The standard InChI is InChI=1S/C24H35N3O3.HI/c1-4-19(3)30-23-14-18(2)7-8-21(23)16-27-24(26-15-20-10-13-28-17-20)25-11-9-22-6-5-12-29-22;/h5-8,12,14,19-20H,4,9-11,13,15-17H2,1-3H3,(H2,25,26,27);1H. The Bertz CT molecular complexity index is 789. The summed E-state index contributed by atoms with van der Waals surface area (Å²) in [7, 11) is 0. The quantitative estimate of drug-likeness (QED) is 0.260. The van der Waals surface area contributed by atoms with E-state index < -0.39 is 0 Å². The van der Waals surface area contributed by atoms with Gasteiger partial charge in [0.25, 0.3) is 0 Å². The number of rotatable bonds is 10. The van der Waals surface area contributed by atoms with E-state index in [1.807, 2.05) is 12.1 Å². The van der Waals surface area contributed by atoms with Crippen molar-refractivity contribution < 1.29 is 13.9 Å². The summed E-state index contributed by atoms with van der Waals surface area (Å²) in [5.41, 5.74) is 2.29. The predicted octanol–water partition coefficient (Wildman–Crippen LogP) is 4.70. The number of nitrogens with zero attached hydrogens (tertiary/aromatic N) is 1. The molecule has 2 aromatic rings. The molecule has 0 radical (unpaired) electrons. The first-order valence-electron chi connectivity index (χ1n) is 11.0. The summed E-state index contributed by atoms with van der Waals surface area (Å²) < 4.78 is 17.1. The van der Waals surface area contributed by atoms with Crippen LogP contribution in [0.1, 0.15) is 43.6 Å². The molecule has 1 aliphatic heterocycles. The van der Waals surface area contributed by atoms with Crippen molar-refractivity contribution in [1.82, 2.24) is 10.6 Å². The fourth-order valence-electron chi connectivity index (χ4n) is 3.28. The highest BCUT2D eigenvalue weighted by atomic mass is 127. The Morgan fingerprint density at radius 1 is 1.29 bits per heavy atom. The maximum atomic E-state index is 6.14. The van der Waals surface area contributed by atoms with E-state index in [9.17, 15) is 0 Å². The van der Waals surface area contributed by atoms with Crippen LogP contribution in [-0.4, -0.2) is 38.4 Å². The van der Waals surface area contributed by atoms with Gasteiger partial charge in [-0.1, -0.05) is 19.1 Å². The smallest absolute Gasteiger partial charge is 0.191 e. The predicted molar refractivity (Wildman–Crippen MR) is 135 cm³/mol. The van der Waals surface area contributed by atoms with Crippen LogP contribution in [0, 0.1) is 12.8 Å². The number of guanidine groups is 1. The lowest BCUT2D eigenvalue weighted by Crippen LogP contribution is -2.40. The van der Waals surface area contributed by atoms with Gasteiger partial charge in [0.05, 0.1) is 25.5 Å². The molecule has 6 nitrogen and oxygen atoms in total. The number of hydrogen-bond donors (Lipinski definition) is 2. The molecular weight excluding hydrogens is 505 g/mol. The van der Waals surface area contributed by atoms with E-state index in [0.717, 1.165) is 68.6 Å². The zero-order valence-electron chi connectivity index (χ0n) is 18.9. The highest BCUT2D eigenvalue weighted by Gasteiger charge is 2.16. The van der Waals surface area contributed by atoms with Gasteiger partial charge in [-0.3, -0.25) is 0 Å². The van der Waals surface area contributed by atoms with Gasteiger partial charge in [-0.05, 0) is 50.5 Å². The monoisotopic (exact) mass is 541 g/mol. The Kier molecular flexibility index (Phi) is 11.2. The lowest BCUT2D eigenvalue weighted by atomic mass is 10.1. The molecule has 2 heterocycles. The van der Waals surface area contributed by atoms with Crippen molar-refractivity contribution in [3.63, 3.8) is 0 Å². The molecule has 0 spiro atoms. The highest BCUT2D eigenvalue weighted by Crippen LogP contribution is 2.23. The third-order valence-corrected chi connectivity index (χ3v) is 5.36. The zero-order chi connectivity index (χ0) is 21.2. The van der Waals surface area contributed by atoms with Gasteiger partial charge in [0.2, 0.25) is 0 Å². The lowest BCUT2D eigenvalue weighted by molar-refractivity contribution is 0.186. The first-order valence-corrected chi connectivity index (χ1v) is 11.0. The van der Waals surface area contributed by atoms with Gasteiger partial charge >= 0.3 is 0 Å². The van der Waals surface area contributed by atoms with Gasteiger partial charge in [0.1, 0.15) is 11.5 Å². The minimum atomic E-state index is 0. The molecule has 0 amide bonds. The maximum Gasteiger partial charge on any atom is 0.191 e. The van der Waals surface area contributed by atoms with Gasteiger partial charge in [-0.2, -0.15) is 0 Å². The summed E-state index contributed by atoms with van der Waals surface area (Å²) in [6, 6.07) is 10.2. The number of hydrogen-bond acceptors (Lipinski definition) is 4. The minimum Gasteiger partial charge on any atom is -0.490 e. The second-order valence-electron chi connectivity index (χ2n) is 7.98. The van der Waals surface area contributed by atoms with Crippen molar-refractivity contribution >= 4 is 29.9 Å². The van der Waals surface area contributed by atoms with Crippen LogP contribution in [0.2, 0.25) is 0 Å². The average molecular weight is 541 g/mol. The SMILES string of the molecule is CCC(C)Oc1cc(C)ccc1CN=C(NCCc1ccco1)NCC1CCOC1.I.